The molecule has 0 saturated heterocycles. The normalized spacial score (nSPS) is 16.5. The van der Waals surface area contributed by atoms with Crippen molar-refractivity contribution in [2.75, 3.05) is 0 Å². The van der Waals surface area contributed by atoms with Crippen LogP contribution in [0.4, 0.5) is 26.3 Å². The van der Waals surface area contributed by atoms with Crippen molar-refractivity contribution in [2.45, 2.75) is 37.4 Å². The van der Waals surface area contributed by atoms with Gasteiger partial charge in [0.2, 0.25) is 0 Å². The third kappa shape index (κ3) is 3.50. The van der Waals surface area contributed by atoms with E-state index >= 15 is 0 Å². The van der Waals surface area contributed by atoms with Crippen molar-refractivity contribution in [1.82, 2.24) is 0 Å². The topological polar surface area (TPSA) is 40.5 Å². The molecule has 0 aliphatic carbocycles. The van der Waals surface area contributed by atoms with Crippen LogP contribution in [0.15, 0.2) is 72.8 Å². The van der Waals surface area contributed by atoms with Crippen molar-refractivity contribution >= 4 is 32.3 Å². The van der Waals surface area contributed by atoms with Crippen molar-refractivity contribution in [1.29, 1.82) is 0 Å². The summed E-state index contributed by atoms with van der Waals surface area (Å²) in [6.07, 6.45) is -10.3. The number of benzene rings is 5. The van der Waals surface area contributed by atoms with E-state index < -0.39 is 34.7 Å². The van der Waals surface area contributed by atoms with Crippen LogP contribution in [0.3, 0.4) is 0 Å². The van der Waals surface area contributed by atoms with Gasteiger partial charge in [0.15, 0.2) is 11.2 Å². The largest absolute Gasteiger partial charge is 0.421 e. The number of hydrogen-bond donors (Lipinski definition) is 2. The van der Waals surface area contributed by atoms with E-state index in [9.17, 15) is 36.6 Å². The highest BCUT2D eigenvalue weighted by atomic mass is 19.4. The fourth-order valence-corrected chi connectivity index (χ4v) is 4.66. The number of hydrogen-bond acceptors (Lipinski definition) is 2. The van der Waals surface area contributed by atoms with Gasteiger partial charge < -0.3 is 10.2 Å². The lowest BCUT2D eigenvalue weighted by Gasteiger charge is -2.31. The smallest absolute Gasteiger partial charge is 0.376 e. The lowest BCUT2D eigenvalue weighted by atomic mass is 9.83. The molecule has 0 heterocycles. The first-order valence-corrected chi connectivity index (χ1v) is 11.0. The number of alkyl halides is 6. The Morgan fingerprint density at radius 2 is 1.00 bits per heavy atom. The zero-order valence-corrected chi connectivity index (χ0v) is 19.1. The molecule has 5 aromatic carbocycles. The molecule has 0 saturated carbocycles. The average Bonchev–Trinajstić information content (AvgIpc) is 2.80. The van der Waals surface area contributed by atoms with Gasteiger partial charge in [-0.25, -0.2) is 0 Å². The monoisotopic (exact) mass is 502 g/mol. The summed E-state index contributed by atoms with van der Waals surface area (Å²) >= 11 is 0. The maximum absolute atomic E-state index is 13.7. The minimum atomic E-state index is -5.17. The van der Waals surface area contributed by atoms with Crippen LogP contribution in [0, 0.1) is 0 Å². The van der Waals surface area contributed by atoms with Crippen LogP contribution in [0.2, 0.25) is 0 Å². The van der Waals surface area contributed by atoms with Crippen LogP contribution in [-0.2, 0) is 11.2 Å². The van der Waals surface area contributed by atoms with E-state index in [0.717, 1.165) is 39.1 Å². The highest BCUT2D eigenvalue weighted by molar-refractivity contribution is 6.25. The Labute approximate surface area is 201 Å². The predicted octanol–water partition coefficient (Wildman–Crippen LogP) is 7.79. The van der Waals surface area contributed by atoms with Crippen molar-refractivity contribution in [3.63, 3.8) is 0 Å². The van der Waals surface area contributed by atoms with Crippen LogP contribution in [0.1, 0.15) is 25.0 Å². The minimum absolute atomic E-state index is 0.00878. The van der Waals surface area contributed by atoms with Gasteiger partial charge in [-0.2, -0.15) is 26.3 Å². The number of aliphatic hydroxyl groups is 2. The van der Waals surface area contributed by atoms with E-state index in [4.69, 9.17) is 0 Å². The summed E-state index contributed by atoms with van der Waals surface area (Å²) < 4.78 is 82.2. The molecule has 5 aromatic rings. The first kappa shape index (κ1) is 24.3. The Balaban J connectivity index is 1.86. The third-order valence-corrected chi connectivity index (χ3v) is 7.00. The van der Waals surface area contributed by atoms with Gasteiger partial charge in [-0.3, -0.25) is 0 Å². The van der Waals surface area contributed by atoms with E-state index in [1.165, 1.54) is 0 Å². The van der Waals surface area contributed by atoms with Gasteiger partial charge in [0, 0.05) is 0 Å². The average molecular weight is 502 g/mol. The molecule has 186 valence electrons. The molecule has 0 amide bonds. The fraction of sp³-hybridized carbons (Fsp3) is 0.214. The van der Waals surface area contributed by atoms with E-state index in [-0.39, 0.29) is 5.56 Å². The molecule has 36 heavy (non-hydrogen) atoms. The van der Waals surface area contributed by atoms with E-state index in [2.05, 4.69) is 0 Å². The Morgan fingerprint density at radius 1 is 0.556 bits per heavy atom. The zero-order chi connectivity index (χ0) is 26.3. The number of rotatable bonds is 3. The fourth-order valence-electron chi connectivity index (χ4n) is 4.66. The molecule has 0 bridgehead atoms. The minimum Gasteiger partial charge on any atom is -0.376 e. The molecular weight excluding hydrogens is 482 g/mol. The maximum atomic E-state index is 13.7. The second kappa shape index (κ2) is 7.57. The summed E-state index contributed by atoms with van der Waals surface area (Å²) in [5.74, 6) is 0. The summed E-state index contributed by atoms with van der Waals surface area (Å²) in [6.45, 7) is 0.949. The molecule has 2 nitrogen and oxygen atoms in total. The van der Waals surface area contributed by atoms with Crippen LogP contribution < -0.4 is 0 Å². The zero-order valence-electron chi connectivity index (χ0n) is 19.1. The molecule has 2 N–H and O–H groups in total. The first-order chi connectivity index (χ1) is 16.6. The summed E-state index contributed by atoms with van der Waals surface area (Å²) in [5.41, 5.74) is -8.14. The molecule has 5 rings (SSSR count). The van der Waals surface area contributed by atoms with Gasteiger partial charge >= 0.3 is 12.4 Å². The maximum Gasteiger partial charge on any atom is 0.421 e. The van der Waals surface area contributed by atoms with Crippen molar-refractivity contribution in [3.05, 3.63) is 83.9 Å². The Hall–Kier alpha value is -3.36. The Morgan fingerprint density at radius 3 is 1.50 bits per heavy atom. The SMILES string of the molecule is CC(O)(c1cc(-c2ccc3ccc4cccc5ccc2c3c45)cc(C(C)(O)C(F)(F)F)c1)C(F)(F)F. The van der Waals surface area contributed by atoms with Gasteiger partial charge in [0.1, 0.15) is 0 Å². The molecule has 0 aliphatic rings. The van der Waals surface area contributed by atoms with Gasteiger partial charge in [0.25, 0.3) is 0 Å². The Kier molecular flexibility index (Phi) is 5.12. The molecule has 0 aliphatic heterocycles. The second-order valence-corrected chi connectivity index (χ2v) is 9.41. The Bertz CT molecular complexity index is 1550. The summed E-state index contributed by atoms with van der Waals surface area (Å²) in [7, 11) is 0. The number of halogens is 6. The van der Waals surface area contributed by atoms with Crippen LogP contribution in [0.5, 0.6) is 0 Å². The van der Waals surface area contributed by atoms with Crippen molar-refractivity contribution < 1.29 is 36.6 Å². The lowest BCUT2D eigenvalue weighted by molar-refractivity contribution is -0.261. The van der Waals surface area contributed by atoms with Gasteiger partial charge in [0.05, 0.1) is 0 Å². The van der Waals surface area contributed by atoms with Gasteiger partial charge in [-0.05, 0) is 86.6 Å². The standard InChI is InChI=1S/C28H20F6O2/c1-25(35,27(29,30)31)19-12-18(13-20(14-19)26(2,36)28(32,33)34)21-10-8-17-7-6-15-4-3-5-16-9-11-22(21)24(17)23(15)16/h3-14,35-36H,1-2H3. The van der Waals surface area contributed by atoms with Crippen molar-refractivity contribution in [2.24, 2.45) is 0 Å². The quantitative estimate of drug-likeness (QED) is 0.195. The van der Waals surface area contributed by atoms with Crippen molar-refractivity contribution in [3.8, 4) is 11.1 Å². The summed E-state index contributed by atoms with van der Waals surface area (Å²) in [4.78, 5) is 0. The van der Waals surface area contributed by atoms with Crippen LogP contribution >= 0.6 is 0 Å². The summed E-state index contributed by atoms with van der Waals surface area (Å²) in [5, 5.41) is 25.8. The molecular formula is C28H20F6O2. The van der Waals surface area contributed by atoms with E-state index in [1.807, 2.05) is 36.4 Å². The molecule has 2 unspecified atom stereocenters. The van der Waals surface area contributed by atoms with Gasteiger partial charge in [-0.15, -0.1) is 0 Å². The first-order valence-electron chi connectivity index (χ1n) is 11.0. The highest BCUT2D eigenvalue weighted by Crippen LogP contribution is 2.46. The van der Waals surface area contributed by atoms with Gasteiger partial charge in [-0.1, -0.05) is 54.6 Å². The summed E-state index contributed by atoms with van der Waals surface area (Å²) in [6, 6.07) is 19.2. The van der Waals surface area contributed by atoms with Crippen LogP contribution in [0.25, 0.3) is 43.4 Å². The molecule has 2 atom stereocenters. The highest BCUT2D eigenvalue weighted by Gasteiger charge is 2.54. The van der Waals surface area contributed by atoms with Crippen LogP contribution in [-0.4, -0.2) is 22.6 Å². The van der Waals surface area contributed by atoms with E-state index in [0.29, 0.717) is 30.9 Å². The second-order valence-electron chi connectivity index (χ2n) is 9.41. The molecule has 0 spiro atoms. The predicted molar refractivity (Wildman–Crippen MR) is 127 cm³/mol. The molecule has 8 heteroatoms. The molecule has 0 aromatic heterocycles. The lowest BCUT2D eigenvalue weighted by Crippen LogP contribution is -2.41. The molecule has 0 fully saturated rings. The molecule has 0 radical (unpaired) electrons. The third-order valence-electron chi connectivity index (χ3n) is 7.00. The van der Waals surface area contributed by atoms with E-state index in [1.54, 1.807) is 18.2 Å².